The van der Waals surface area contributed by atoms with Crippen molar-refractivity contribution >= 4 is 24.2 Å². The standard InChI is InChI=1S/C19H23NOS.ClH/c1-22-19-10-6-5-9-18(19)21-17-11-13-20(14-12-17)15-16-7-3-2-4-8-16;/h2-10,17H,11-15H2,1H3;1H. The third-order valence-electron chi connectivity index (χ3n) is 4.15. The molecule has 2 aromatic carbocycles. The normalized spacial score (nSPS) is 15.9. The first-order valence-corrected chi connectivity index (χ1v) is 9.13. The fourth-order valence-corrected chi connectivity index (χ4v) is 3.45. The molecule has 23 heavy (non-hydrogen) atoms. The first-order chi connectivity index (χ1) is 10.8. The Kier molecular flexibility index (Phi) is 7.28. The molecule has 2 aromatic rings. The lowest BCUT2D eigenvalue weighted by Gasteiger charge is -2.32. The van der Waals surface area contributed by atoms with Crippen LogP contribution in [0.25, 0.3) is 0 Å². The van der Waals surface area contributed by atoms with Gasteiger partial charge in [-0.1, -0.05) is 42.5 Å². The Morgan fingerprint density at radius 1 is 1.00 bits per heavy atom. The van der Waals surface area contributed by atoms with E-state index in [1.165, 1.54) is 10.5 Å². The van der Waals surface area contributed by atoms with Crippen molar-refractivity contribution in [3.05, 3.63) is 60.2 Å². The summed E-state index contributed by atoms with van der Waals surface area (Å²) in [6, 6.07) is 19.1. The highest BCUT2D eigenvalue weighted by Crippen LogP contribution is 2.29. The number of benzene rings is 2. The number of ether oxygens (including phenoxy) is 1. The van der Waals surface area contributed by atoms with Gasteiger partial charge < -0.3 is 4.74 Å². The van der Waals surface area contributed by atoms with E-state index in [4.69, 9.17) is 4.74 Å². The van der Waals surface area contributed by atoms with Crippen molar-refractivity contribution in [3.63, 3.8) is 0 Å². The number of likely N-dealkylation sites (tertiary alicyclic amines) is 1. The summed E-state index contributed by atoms with van der Waals surface area (Å²) in [7, 11) is 0. The Balaban J connectivity index is 0.00000192. The molecule has 0 amide bonds. The van der Waals surface area contributed by atoms with Crippen LogP contribution in [0.5, 0.6) is 5.75 Å². The number of hydrogen-bond donors (Lipinski definition) is 0. The molecule has 3 rings (SSSR count). The Labute approximate surface area is 149 Å². The van der Waals surface area contributed by atoms with Crippen molar-refractivity contribution in [2.24, 2.45) is 0 Å². The first-order valence-electron chi connectivity index (χ1n) is 7.91. The van der Waals surface area contributed by atoms with Crippen LogP contribution in [0.15, 0.2) is 59.5 Å². The summed E-state index contributed by atoms with van der Waals surface area (Å²) < 4.78 is 6.23. The molecule has 0 atom stereocenters. The Morgan fingerprint density at radius 3 is 2.35 bits per heavy atom. The average Bonchev–Trinajstić information content (AvgIpc) is 2.58. The van der Waals surface area contributed by atoms with Crippen LogP contribution in [0.4, 0.5) is 0 Å². The highest BCUT2D eigenvalue weighted by atomic mass is 35.5. The van der Waals surface area contributed by atoms with Crippen molar-refractivity contribution in [2.45, 2.75) is 30.4 Å². The van der Waals surface area contributed by atoms with Gasteiger partial charge in [-0.2, -0.15) is 0 Å². The molecule has 1 aliphatic heterocycles. The summed E-state index contributed by atoms with van der Waals surface area (Å²) in [5.41, 5.74) is 1.40. The molecule has 1 heterocycles. The molecular formula is C19H24ClNOS. The van der Waals surface area contributed by atoms with Crippen LogP contribution in [0.2, 0.25) is 0 Å². The summed E-state index contributed by atoms with van der Waals surface area (Å²) in [6.45, 7) is 3.27. The quantitative estimate of drug-likeness (QED) is 0.714. The smallest absolute Gasteiger partial charge is 0.133 e. The van der Waals surface area contributed by atoms with E-state index >= 15 is 0 Å². The third-order valence-corrected chi connectivity index (χ3v) is 4.92. The number of halogens is 1. The van der Waals surface area contributed by atoms with Crippen molar-refractivity contribution in [3.8, 4) is 5.75 Å². The topological polar surface area (TPSA) is 12.5 Å². The Hall–Kier alpha value is -1.16. The van der Waals surface area contributed by atoms with Crippen molar-refractivity contribution < 1.29 is 4.74 Å². The zero-order valence-electron chi connectivity index (χ0n) is 13.5. The lowest BCUT2D eigenvalue weighted by atomic mass is 10.1. The number of nitrogens with zero attached hydrogens (tertiary/aromatic N) is 1. The van der Waals surface area contributed by atoms with Gasteiger partial charge in [-0.3, -0.25) is 4.90 Å². The molecule has 0 bridgehead atoms. The molecule has 2 nitrogen and oxygen atoms in total. The maximum atomic E-state index is 6.23. The lowest BCUT2D eigenvalue weighted by molar-refractivity contribution is 0.0947. The van der Waals surface area contributed by atoms with Gasteiger partial charge >= 0.3 is 0 Å². The maximum absolute atomic E-state index is 6.23. The summed E-state index contributed by atoms with van der Waals surface area (Å²) in [4.78, 5) is 3.75. The first kappa shape index (κ1) is 18.2. The van der Waals surface area contributed by atoms with E-state index in [-0.39, 0.29) is 12.4 Å². The summed E-state index contributed by atoms with van der Waals surface area (Å²) in [6.07, 6.45) is 4.66. The van der Waals surface area contributed by atoms with Crippen LogP contribution in [0.3, 0.4) is 0 Å². The van der Waals surface area contributed by atoms with Gasteiger partial charge in [-0.25, -0.2) is 0 Å². The SMILES string of the molecule is CSc1ccccc1OC1CCN(Cc2ccccc2)CC1.Cl. The molecule has 124 valence electrons. The largest absolute Gasteiger partial charge is 0.489 e. The van der Waals surface area contributed by atoms with Crippen LogP contribution >= 0.6 is 24.2 Å². The van der Waals surface area contributed by atoms with Gasteiger partial charge in [0.05, 0.1) is 0 Å². The van der Waals surface area contributed by atoms with E-state index in [9.17, 15) is 0 Å². The molecule has 1 aliphatic rings. The predicted octanol–water partition coefficient (Wildman–Crippen LogP) is 4.87. The molecule has 1 fully saturated rings. The summed E-state index contributed by atoms with van der Waals surface area (Å²) in [5, 5.41) is 0. The highest BCUT2D eigenvalue weighted by Gasteiger charge is 2.21. The summed E-state index contributed by atoms with van der Waals surface area (Å²) >= 11 is 1.75. The van der Waals surface area contributed by atoms with Crippen LogP contribution < -0.4 is 4.74 Å². The van der Waals surface area contributed by atoms with Crippen molar-refractivity contribution in [2.75, 3.05) is 19.3 Å². The second kappa shape index (κ2) is 9.21. The Bertz CT molecular complexity index is 585. The van der Waals surface area contributed by atoms with Gasteiger partial charge in [0.25, 0.3) is 0 Å². The second-order valence-corrected chi connectivity index (χ2v) is 6.58. The fraction of sp³-hybridized carbons (Fsp3) is 0.368. The molecule has 1 saturated heterocycles. The molecule has 0 aromatic heterocycles. The van der Waals surface area contributed by atoms with Gasteiger partial charge in [-0.15, -0.1) is 24.2 Å². The molecule has 0 saturated carbocycles. The maximum Gasteiger partial charge on any atom is 0.133 e. The minimum atomic E-state index is 0. The van der Waals surface area contributed by atoms with E-state index in [0.29, 0.717) is 6.10 Å². The molecule has 0 unspecified atom stereocenters. The number of hydrogen-bond acceptors (Lipinski definition) is 3. The number of para-hydroxylation sites is 1. The van der Waals surface area contributed by atoms with Gasteiger partial charge in [-0.05, 0) is 36.8 Å². The van der Waals surface area contributed by atoms with Crippen molar-refractivity contribution in [1.82, 2.24) is 4.90 Å². The number of thioether (sulfide) groups is 1. The van der Waals surface area contributed by atoms with Crippen molar-refractivity contribution in [1.29, 1.82) is 0 Å². The van der Waals surface area contributed by atoms with E-state index in [1.807, 2.05) is 0 Å². The van der Waals surface area contributed by atoms with E-state index < -0.39 is 0 Å². The lowest BCUT2D eigenvalue weighted by Crippen LogP contribution is -2.37. The monoisotopic (exact) mass is 349 g/mol. The van der Waals surface area contributed by atoms with Crippen LogP contribution in [-0.2, 0) is 6.54 Å². The molecule has 0 aliphatic carbocycles. The number of rotatable bonds is 5. The zero-order valence-corrected chi connectivity index (χ0v) is 15.1. The second-order valence-electron chi connectivity index (χ2n) is 5.73. The average molecular weight is 350 g/mol. The van der Waals surface area contributed by atoms with Gasteiger partial charge in [0.1, 0.15) is 11.9 Å². The van der Waals surface area contributed by atoms with Crippen LogP contribution in [-0.4, -0.2) is 30.3 Å². The van der Waals surface area contributed by atoms with Crippen LogP contribution in [0.1, 0.15) is 18.4 Å². The molecule has 0 spiro atoms. The summed E-state index contributed by atoms with van der Waals surface area (Å²) in [5.74, 6) is 1.04. The highest BCUT2D eigenvalue weighted by molar-refractivity contribution is 7.98. The van der Waals surface area contributed by atoms with Gasteiger partial charge in [0, 0.05) is 24.5 Å². The molecule has 0 N–H and O–H groups in total. The molecule has 0 radical (unpaired) electrons. The Morgan fingerprint density at radius 2 is 1.65 bits per heavy atom. The number of piperidine rings is 1. The zero-order chi connectivity index (χ0) is 15.2. The minimum Gasteiger partial charge on any atom is -0.489 e. The van der Waals surface area contributed by atoms with Gasteiger partial charge in [0.2, 0.25) is 0 Å². The third kappa shape index (κ3) is 5.17. The van der Waals surface area contributed by atoms with E-state index in [0.717, 1.165) is 38.2 Å². The minimum absolute atomic E-state index is 0. The molecule has 4 heteroatoms. The van der Waals surface area contributed by atoms with E-state index in [2.05, 4.69) is 65.8 Å². The van der Waals surface area contributed by atoms with E-state index in [1.54, 1.807) is 11.8 Å². The van der Waals surface area contributed by atoms with Crippen LogP contribution in [0, 0.1) is 0 Å². The fourth-order valence-electron chi connectivity index (χ4n) is 2.92. The molecular weight excluding hydrogens is 326 g/mol. The predicted molar refractivity (Wildman–Crippen MR) is 101 cm³/mol. The van der Waals surface area contributed by atoms with Gasteiger partial charge in [0.15, 0.2) is 0 Å².